The van der Waals surface area contributed by atoms with Gasteiger partial charge in [-0.2, -0.15) is 13.2 Å². The zero-order valence-electron chi connectivity index (χ0n) is 15.2. The van der Waals surface area contributed by atoms with Gasteiger partial charge in [0.25, 0.3) is 0 Å². The molecule has 1 aromatic rings. The van der Waals surface area contributed by atoms with Crippen LogP contribution in [0.2, 0.25) is 0 Å². The minimum atomic E-state index is -4.75. The molecule has 0 aliphatic carbocycles. The molecule has 28 heavy (non-hydrogen) atoms. The number of amides is 4. The first-order valence-electron chi connectivity index (χ1n) is 8.66. The van der Waals surface area contributed by atoms with Crippen molar-refractivity contribution >= 4 is 23.5 Å². The van der Waals surface area contributed by atoms with Gasteiger partial charge < -0.3 is 14.5 Å². The van der Waals surface area contributed by atoms with Crippen molar-refractivity contribution in [1.29, 1.82) is 0 Å². The molecule has 0 aromatic heterocycles. The number of carbonyl (C=O) groups is 3. The standard InChI is InChI=1S/C17H19F3N4O4/c1-28-13-4-2-12(3-5-13)22-8-6-21(7-9-22)11-24-15(26)14(25)23(16(24)27)10-17(18,19)20/h2-5H,6-11H2,1H3/p+1. The molecule has 152 valence electrons. The second-order valence-corrected chi connectivity index (χ2v) is 6.62. The number of piperazine rings is 1. The smallest absolute Gasteiger partial charge is 0.406 e. The number of urea groups is 1. The number of alkyl halides is 3. The fourth-order valence-corrected chi connectivity index (χ4v) is 3.26. The van der Waals surface area contributed by atoms with Gasteiger partial charge in [-0.1, -0.05) is 0 Å². The zero-order chi connectivity index (χ0) is 20.5. The van der Waals surface area contributed by atoms with Crippen LogP contribution in [-0.2, 0) is 9.59 Å². The monoisotopic (exact) mass is 401 g/mol. The topological polar surface area (TPSA) is 74.6 Å². The number of imide groups is 2. The summed E-state index contributed by atoms with van der Waals surface area (Å²) >= 11 is 0. The van der Waals surface area contributed by atoms with Crippen LogP contribution in [-0.4, -0.2) is 80.3 Å². The van der Waals surface area contributed by atoms with Gasteiger partial charge in [-0.05, 0) is 24.3 Å². The Labute approximate surface area is 159 Å². The van der Waals surface area contributed by atoms with Crippen molar-refractivity contribution in [2.24, 2.45) is 0 Å². The van der Waals surface area contributed by atoms with Crippen LogP contribution >= 0.6 is 0 Å². The number of ether oxygens (including phenoxy) is 1. The number of hydrogen-bond acceptors (Lipinski definition) is 5. The van der Waals surface area contributed by atoms with E-state index in [1.54, 1.807) is 7.11 Å². The van der Waals surface area contributed by atoms with Crippen molar-refractivity contribution in [2.45, 2.75) is 6.18 Å². The van der Waals surface area contributed by atoms with E-state index in [2.05, 4.69) is 4.90 Å². The first-order chi connectivity index (χ1) is 13.2. The molecule has 1 aromatic carbocycles. The van der Waals surface area contributed by atoms with Gasteiger partial charge in [0.2, 0.25) is 0 Å². The maximum absolute atomic E-state index is 12.5. The maximum Gasteiger partial charge on any atom is 0.406 e. The Hall–Kier alpha value is -2.82. The SMILES string of the molecule is COc1ccc(N2CC[NH+](CN3C(=O)C(=O)N(CC(F)(F)F)C3=O)CC2)cc1. The van der Waals surface area contributed by atoms with Crippen LogP contribution in [0.5, 0.6) is 5.75 Å². The fraction of sp³-hybridized carbons (Fsp3) is 0.471. The average Bonchev–Trinajstić information content (AvgIpc) is 2.86. The third-order valence-electron chi connectivity index (χ3n) is 4.76. The van der Waals surface area contributed by atoms with Crippen molar-refractivity contribution in [3.63, 3.8) is 0 Å². The number of benzene rings is 1. The number of carbonyl (C=O) groups excluding carboxylic acids is 3. The van der Waals surface area contributed by atoms with E-state index < -0.39 is 30.6 Å². The van der Waals surface area contributed by atoms with Gasteiger partial charge in [-0.25, -0.2) is 14.6 Å². The average molecular weight is 401 g/mol. The molecular formula is C17H20F3N4O4+. The minimum absolute atomic E-state index is 0.0463. The van der Waals surface area contributed by atoms with Crippen molar-refractivity contribution in [3.8, 4) is 5.75 Å². The van der Waals surface area contributed by atoms with E-state index in [1.165, 1.54) is 0 Å². The number of rotatable bonds is 5. The number of methoxy groups -OCH3 is 1. The first-order valence-corrected chi connectivity index (χ1v) is 8.66. The van der Waals surface area contributed by atoms with Gasteiger partial charge in [-0.15, -0.1) is 0 Å². The molecule has 2 aliphatic heterocycles. The van der Waals surface area contributed by atoms with E-state index >= 15 is 0 Å². The molecule has 0 atom stereocenters. The van der Waals surface area contributed by atoms with E-state index in [4.69, 9.17) is 4.74 Å². The molecule has 4 amide bonds. The molecule has 0 saturated carbocycles. The molecule has 3 rings (SSSR count). The third kappa shape index (κ3) is 4.19. The highest BCUT2D eigenvalue weighted by molar-refractivity contribution is 6.44. The number of nitrogens with one attached hydrogen (secondary N) is 1. The molecule has 2 aliphatic rings. The third-order valence-corrected chi connectivity index (χ3v) is 4.76. The van der Waals surface area contributed by atoms with E-state index in [-0.39, 0.29) is 11.6 Å². The molecule has 8 nitrogen and oxygen atoms in total. The van der Waals surface area contributed by atoms with Crippen molar-refractivity contribution in [3.05, 3.63) is 24.3 Å². The Morgan fingerprint density at radius 2 is 1.57 bits per heavy atom. The molecule has 2 heterocycles. The lowest BCUT2D eigenvalue weighted by atomic mass is 10.2. The summed E-state index contributed by atoms with van der Waals surface area (Å²) in [5.41, 5.74) is 1.000. The minimum Gasteiger partial charge on any atom is -0.497 e. The van der Waals surface area contributed by atoms with E-state index in [0.717, 1.165) is 16.3 Å². The van der Waals surface area contributed by atoms with Crippen LogP contribution in [0.3, 0.4) is 0 Å². The normalized spacial score (nSPS) is 19.0. The Morgan fingerprint density at radius 1 is 1.00 bits per heavy atom. The maximum atomic E-state index is 12.5. The summed E-state index contributed by atoms with van der Waals surface area (Å²) in [6.07, 6.45) is -4.75. The van der Waals surface area contributed by atoms with Crippen LogP contribution < -0.4 is 14.5 Å². The van der Waals surface area contributed by atoms with Crippen molar-refractivity contribution in [1.82, 2.24) is 9.80 Å². The van der Waals surface area contributed by atoms with Gasteiger partial charge in [0.05, 0.1) is 33.3 Å². The highest BCUT2D eigenvalue weighted by Gasteiger charge is 2.50. The molecule has 0 bridgehead atoms. The van der Waals surface area contributed by atoms with Crippen LogP contribution in [0.25, 0.3) is 0 Å². The Morgan fingerprint density at radius 3 is 2.11 bits per heavy atom. The van der Waals surface area contributed by atoms with Crippen molar-refractivity contribution in [2.75, 3.05) is 51.4 Å². The Bertz CT molecular complexity index is 761. The predicted molar refractivity (Wildman–Crippen MR) is 90.8 cm³/mol. The number of anilines is 1. The highest BCUT2D eigenvalue weighted by Crippen LogP contribution is 2.21. The van der Waals surface area contributed by atoms with Gasteiger partial charge in [0.15, 0.2) is 6.67 Å². The number of halogens is 3. The van der Waals surface area contributed by atoms with Crippen LogP contribution in [0.1, 0.15) is 0 Å². The van der Waals surface area contributed by atoms with E-state index in [9.17, 15) is 27.6 Å². The summed E-state index contributed by atoms with van der Waals surface area (Å²) in [4.78, 5) is 39.3. The molecule has 1 N–H and O–H groups in total. The highest BCUT2D eigenvalue weighted by atomic mass is 19.4. The van der Waals surface area contributed by atoms with E-state index in [1.807, 2.05) is 24.3 Å². The summed E-state index contributed by atoms with van der Waals surface area (Å²) in [5.74, 6) is -1.90. The largest absolute Gasteiger partial charge is 0.497 e. The Kier molecular flexibility index (Phi) is 5.45. The summed E-state index contributed by atoms with van der Waals surface area (Å²) < 4.78 is 42.7. The van der Waals surface area contributed by atoms with Gasteiger partial charge in [0, 0.05) is 5.69 Å². The molecule has 11 heteroatoms. The lowest BCUT2D eigenvalue weighted by Gasteiger charge is -2.34. The summed E-state index contributed by atoms with van der Waals surface area (Å²) in [6.45, 7) is 0.519. The molecule has 2 saturated heterocycles. The summed E-state index contributed by atoms with van der Waals surface area (Å²) in [5, 5.41) is 0. The predicted octanol–water partition coefficient (Wildman–Crippen LogP) is -0.289. The van der Waals surface area contributed by atoms with E-state index in [0.29, 0.717) is 31.1 Å². The lowest BCUT2D eigenvalue weighted by Crippen LogP contribution is -3.16. The lowest BCUT2D eigenvalue weighted by molar-refractivity contribution is -0.907. The number of quaternary nitrogens is 1. The van der Waals surface area contributed by atoms with Gasteiger partial charge in [0.1, 0.15) is 12.3 Å². The quantitative estimate of drug-likeness (QED) is 0.542. The van der Waals surface area contributed by atoms with Crippen LogP contribution in [0.15, 0.2) is 24.3 Å². The zero-order valence-corrected chi connectivity index (χ0v) is 15.2. The Balaban J connectivity index is 1.57. The molecule has 0 unspecified atom stereocenters. The first kappa shape index (κ1) is 19.9. The van der Waals surface area contributed by atoms with Gasteiger partial charge >= 0.3 is 24.0 Å². The molecule has 0 radical (unpaired) electrons. The molecule has 0 spiro atoms. The van der Waals surface area contributed by atoms with Crippen molar-refractivity contribution < 1.29 is 37.2 Å². The fourth-order valence-electron chi connectivity index (χ4n) is 3.26. The summed E-state index contributed by atoms with van der Waals surface area (Å²) in [6, 6.07) is 6.32. The number of nitrogens with zero attached hydrogens (tertiary/aromatic N) is 3. The van der Waals surface area contributed by atoms with Gasteiger partial charge in [-0.3, -0.25) is 9.59 Å². The summed E-state index contributed by atoms with van der Waals surface area (Å²) in [7, 11) is 1.58. The molecular weight excluding hydrogens is 381 g/mol. The van der Waals surface area contributed by atoms with Crippen LogP contribution in [0, 0.1) is 0 Å². The second-order valence-electron chi connectivity index (χ2n) is 6.62. The molecule has 2 fully saturated rings. The van der Waals surface area contributed by atoms with Crippen LogP contribution in [0.4, 0.5) is 23.7 Å². The second kappa shape index (κ2) is 7.66. The number of hydrogen-bond donors (Lipinski definition) is 1.